The van der Waals surface area contributed by atoms with Crippen LogP contribution in [-0.2, 0) is 63.8 Å². The van der Waals surface area contributed by atoms with Crippen LogP contribution in [0.1, 0.15) is 91.5 Å². The van der Waals surface area contributed by atoms with E-state index in [4.69, 9.17) is 20.2 Å². The number of nitrogens with two attached hydrogens (primary N) is 1. The summed E-state index contributed by atoms with van der Waals surface area (Å²) >= 11 is 1.75. The third-order valence-electron chi connectivity index (χ3n) is 12.5. The minimum absolute atomic E-state index is 0.0283. The number of halogens is 3. The number of likely N-dealkylation sites (tertiary alicyclic amines) is 1. The number of benzene rings is 2. The molecule has 0 spiro atoms. The zero-order valence-electron chi connectivity index (χ0n) is 39.0. The molecule has 4 amide bonds. The minimum atomic E-state index is -4.72. The van der Waals surface area contributed by atoms with Crippen molar-refractivity contribution in [3.8, 4) is 0 Å². The van der Waals surface area contributed by atoms with Crippen LogP contribution in [0.15, 0.2) is 54.9 Å². The molecule has 3 atom stereocenters. The van der Waals surface area contributed by atoms with E-state index < -0.39 is 53.1 Å². The van der Waals surface area contributed by atoms with Gasteiger partial charge in [-0.3, -0.25) is 29.1 Å². The number of piperidine rings is 1. The van der Waals surface area contributed by atoms with Gasteiger partial charge in [-0.2, -0.15) is 13.2 Å². The fourth-order valence-corrected chi connectivity index (χ4v) is 8.48. The normalized spacial score (nSPS) is 17.7. The van der Waals surface area contributed by atoms with Gasteiger partial charge in [-0.25, -0.2) is 9.78 Å². The SMILES string of the molecule is CCN(C(=O)OCc1ccc(NC(=O)C(C)NC(=O)C(N)C(C)C)cc1)c1cc(C2(Cc3nncn3C)COC2)cc(N2Cc3c(cc(CN4CCC[C@H](C)C4)cc3C(F)(F)F)C2=O)n1.[CH3][Sb]. The van der Waals surface area contributed by atoms with Crippen molar-refractivity contribution in [2.45, 2.75) is 102 Å². The predicted octanol–water partition coefficient (Wildman–Crippen LogP) is 5.92. The van der Waals surface area contributed by atoms with Crippen molar-refractivity contribution in [1.29, 1.82) is 0 Å². The Hall–Kier alpha value is -5.10. The van der Waals surface area contributed by atoms with Crippen LogP contribution < -0.4 is 26.2 Å². The topological polar surface area (TPSA) is 190 Å². The van der Waals surface area contributed by atoms with Crippen LogP contribution in [0.3, 0.4) is 0 Å². The van der Waals surface area contributed by atoms with Crippen molar-refractivity contribution < 1.29 is 41.8 Å². The number of carbonyl (C=O) groups is 4. The third kappa shape index (κ3) is 12.0. The molecule has 360 valence electrons. The van der Waals surface area contributed by atoms with Crippen LogP contribution in [0.4, 0.5) is 35.3 Å². The Morgan fingerprint density at radius 2 is 1.78 bits per heavy atom. The number of hydrogen-bond donors (Lipinski definition) is 3. The number of pyridine rings is 1. The van der Waals surface area contributed by atoms with Gasteiger partial charge in [0.05, 0.1) is 31.4 Å². The number of rotatable bonds is 15. The first-order valence-electron chi connectivity index (χ1n) is 22.4. The Morgan fingerprint density at radius 1 is 1.06 bits per heavy atom. The van der Waals surface area contributed by atoms with E-state index in [0.29, 0.717) is 47.1 Å². The molecule has 0 aliphatic carbocycles. The van der Waals surface area contributed by atoms with E-state index in [0.717, 1.165) is 32.0 Å². The Kier molecular flexibility index (Phi) is 16.8. The molecule has 67 heavy (non-hydrogen) atoms. The molecule has 3 aliphatic heterocycles. The zero-order valence-corrected chi connectivity index (χ0v) is 41.6. The summed E-state index contributed by atoms with van der Waals surface area (Å²) in [6, 6.07) is 11.2. The molecule has 4 N–H and O–H groups in total. The van der Waals surface area contributed by atoms with E-state index in [2.05, 4.69) is 37.5 Å². The average molecular weight is 1040 g/mol. The second-order valence-corrected chi connectivity index (χ2v) is 17.9. The first-order chi connectivity index (χ1) is 31.8. The van der Waals surface area contributed by atoms with Crippen LogP contribution in [0, 0.1) is 11.8 Å². The summed E-state index contributed by atoms with van der Waals surface area (Å²) in [5, 5.41) is 13.7. The number of aromatic nitrogens is 4. The second-order valence-electron chi connectivity index (χ2n) is 17.9. The van der Waals surface area contributed by atoms with Crippen LogP contribution in [-0.4, -0.2) is 116 Å². The van der Waals surface area contributed by atoms with Gasteiger partial charge in [-0.1, -0.05) is 32.9 Å². The molecule has 2 aromatic carbocycles. The first kappa shape index (κ1) is 51.3. The van der Waals surface area contributed by atoms with Crippen LogP contribution >= 0.6 is 0 Å². The summed E-state index contributed by atoms with van der Waals surface area (Å²) in [7, 11) is 1.82. The fourth-order valence-electron chi connectivity index (χ4n) is 8.48. The number of anilines is 3. The monoisotopic (exact) mass is 1040 g/mol. The number of nitrogens with one attached hydrogen (secondary N) is 2. The van der Waals surface area contributed by atoms with Gasteiger partial charge in [-0.15, -0.1) is 10.2 Å². The quantitative estimate of drug-likeness (QED) is 0.120. The van der Waals surface area contributed by atoms with Gasteiger partial charge in [0, 0.05) is 49.8 Å². The molecule has 3 aliphatic rings. The molecule has 2 saturated heterocycles. The van der Waals surface area contributed by atoms with Crippen LogP contribution in [0.5, 0.6) is 0 Å². The molecule has 16 nitrogen and oxygen atoms in total. The summed E-state index contributed by atoms with van der Waals surface area (Å²) in [4.78, 5) is 64.9. The Labute approximate surface area is 403 Å². The second kappa shape index (κ2) is 21.9. The van der Waals surface area contributed by atoms with E-state index in [-0.39, 0.29) is 61.6 Å². The standard InChI is InChI=1S/C46H57F3N10O6.CH3.Sb/c1-7-58(44(63)65-23-30-10-12-33(13-11-30)53-41(60)29(5)52-42(61)40(50)27(2)3)37-17-32(45(24-64-25-45)19-39-55-51-26-56(39)6)18-38(54-37)59-22-35-34(43(59)62)15-31(16-36(35)46(47,48)49)21-57-14-8-9-28(4)20-57;;/h10-13,15-18,26-29,40H,7-9,14,19-25,50H2,1-6H3,(H,52,61)(H,53,60);1H3;/t28-,29?,40?;;/m0../s1. The molecule has 2 radical (unpaired) electrons. The van der Waals surface area contributed by atoms with E-state index in [9.17, 15) is 32.3 Å². The zero-order chi connectivity index (χ0) is 48.8. The van der Waals surface area contributed by atoms with E-state index in [1.807, 2.05) is 20.9 Å². The van der Waals surface area contributed by atoms with Crippen LogP contribution in [0.2, 0.25) is 4.87 Å². The number of amides is 4. The van der Waals surface area contributed by atoms with Gasteiger partial charge in [0.1, 0.15) is 36.4 Å². The van der Waals surface area contributed by atoms with Gasteiger partial charge in [0.2, 0.25) is 11.8 Å². The van der Waals surface area contributed by atoms with Crippen molar-refractivity contribution in [2.75, 3.05) is 48.0 Å². The number of aryl methyl sites for hydroxylation is 1. The molecule has 7 rings (SSSR count). The number of ether oxygens (including phenoxy) is 2. The number of nitrogens with zero attached hydrogens (tertiary/aromatic N) is 7. The molecule has 0 saturated carbocycles. The number of hydrogen-bond acceptors (Lipinski definition) is 11. The fraction of sp³-hybridized carbons (Fsp3) is 0.511. The van der Waals surface area contributed by atoms with E-state index in [1.54, 1.807) is 90.2 Å². The molecule has 2 unspecified atom stereocenters. The summed E-state index contributed by atoms with van der Waals surface area (Å²) in [6.07, 6.45) is -1.50. The molecule has 5 heterocycles. The molecular formula is C47H60F3N10O6Sb. The third-order valence-corrected chi connectivity index (χ3v) is 12.5. The van der Waals surface area contributed by atoms with Crippen molar-refractivity contribution in [3.05, 3.63) is 94.1 Å². The van der Waals surface area contributed by atoms with E-state index in [1.165, 1.54) is 9.80 Å². The number of carbonyl (C=O) groups excluding carboxylic acids is 4. The molecule has 0 bridgehead atoms. The maximum atomic E-state index is 14.8. The van der Waals surface area contributed by atoms with Crippen molar-refractivity contribution >= 4 is 64.2 Å². The van der Waals surface area contributed by atoms with Gasteiger partial charge < -0.3 is 30.4 Å². The summed E-state index contributed by atoms with van der Waals surface area (Å²) in [5.41, 5.74) is 6.32. The Bertz CT molecular complexity index is 2410. The number of alkyl halides is 3. The molecule has 2 fully saturated rings. The van der Waals surface area contributed by atoms with Gasteiger partial charge in [-0.05, 0) is 104 Å². The van der Waals surface area contributed by atoms with Crippen LogP contribution in [0.25, 0.3) is 0 Å². The van der Waals surface area contributed by atoms with Crippen molar-refractivity contribution in [2.24, 2.45) is 24.6 Å². The predicted molar refractivity (Wildman–Crippen MR) is 247 cm³/mol. The van der Waals surface area contributed by atoms with E-state index >= 15 is 0 Å². The Balaban J connectivity index is 0.00000365. The Morgan fingerprint density at radius 3 is 2.37 bits per heavy atom. The first-order valence-corrected chi connectivity index (χ1v) is 25.0. The van der Waals surface area contributed by atoms with Gasteiger partial charge >= 0.3 is 40.2 Å². The average Bonchev–Trinajstić information content (AvgIpc) is 3.85. The van der Waals surface area contributed by atoms with Gasteiger partial charge in [0.15, 0.2) is 0 Å². The molecule has 4 aromatic rings. The van der Waals surface area contributed by atoms with Gasteiger partial charge in [0.25, 0.3) is 5.91 Å². The summed E-state index contributed by atoms with van der Waals surface area (Å²) < 4.78 is 57.7. The molecular weight excluding hydrogens is 979 g/mol. The van der Waals surface area contributed by atoms with Crippen molar-refractivity contribution in [3.63, 3.8) is 0 Å². The summed E-state index contributed by atoms with van der Waals surface area (Å²) in [6.45, 7) is 10.9. The molecule has 20 heteroatoms. The summed E-state index contributed by atoms with van der Waals surface area (Å²) in [5.74, 6) is -0.321. The molecule has 2 aromatic heterocycles. The van der Waals surface area contributed by atoms with Crippen molar-refractivity contribution in [1.82, 2.24) is 30.0 Å². The maximum absolute atomic E-state index is 14.8. The number of fused-ring (bicyclic) bond motifs is 1.